The third kappa shape index (κ3) is 3.23. The van der Waals surface area contributed by atoms with Crippen molar-refractivity contribution in [2.45, 2.75) is 19.7 Å². The number of para-hydroxylation sites is 1. The van der Waals surface area contributed by atoms with Crippen LogP contribution in [-0.4, -0.2) is 19.5 Å². The van der Waals surface area contributed by atoms with E-state index >= 15 is 0 Å². The minimum atomic E-state index is -0.597. The van der Waals surface area contributed by atoms with E-state index in [0.29, 0.717) is 0 Å². The molecule has 0 aliphatic heterocycles. The third-order valence-corrected chi connectivity index (χ3v) is 2.43. The van der Waals surface area contributed by atoms with Crippen molar-refractivity contribution in [3.63, 3.8) is 0 Å². The van der Waals surface area contributed by atoms with E-state index in [4.69, 9.17) is 0 Å². The number of hydrogen-bond donors (Lipinski definition) is 1. The molecule has 84 valence electrons. The first kappa shape index (κ1) is 12.5. The molecule has 0 bridgehead atoms. The van der Waals surface area contributed by atoms with Crippen molar-refractivity contribution in [3.05, 3.63) is 30.3 Å². The average molecular weight is 217 g/mol. The van der Waals surface area contributed by atoms with E-state index in [1.165, 1.54) is 0 Å². The molecule has 0 spiro atoms. The normalized spacial score (nSPS) is 12.2. The average Bonchev–Trinajstić information content (AvgIpc) is 2.28. The van der Waals surface area contributed by atoms with Gasteiger partial charge in [-0.2, -0.15) is 0 Å². The summed E-state index contributed by atoms with van der Waals surface area (Å²) in [7, 11) is 1.64. The van der Waals surface area contributed by atoms with Crippen molar-refractivity contribution in [2.24, 2.45) is 5.92 Å². The molecule has 4 heteroatoms. The molecule has 1 aromatic carbocycles. The number of anilines is 1. The van der Waals surface area contributed by atoms with E-state index in [1.807, 2.05) is 18.2 Å². The molecular formula is C12H16BNO2. The Balaban J connectivity index is 2.63. The molecule has 1 aromatic rings. The molecule has 0 saturated heterocycles. The van der Waals surface area contributed by atoms with Gasteiger partial charge in [0.1, 0.15) is 13.6 Å². The molecule has 0 aliphatic carbocycles. The van der Waals surface area contributed by atoms with Gasteiger partial charge in [0.05, 0.1) is 5.82 Å². The van der Waals surface area contributed by atoms with Crippen LogP contribution in [0.15, 0.2) is 30.3 Å². The lowest BCUT2D eigenvalue weighted by atomic mass is 9.79. The number of nitrogens with one attached hydrogen (secondary N) is 1. The van der Waals surface area contributed by atoms with Crippen LogP contribution in [0, 0.1) is 5.92 Å². The molecule has 1 rings (SSSR count). The largest absolute Gasteiger partial charge is 0.326 e. The van der Waals surface area contributed by atoms with Crippen LogP contribution in [0.2, 0.25) is 5.82 Å². The zero-order valence-corrected chi connectivity index (χ0v) is 9.86. The van der Waals surface area contributed by atoms with Crippen LogP contribution in [-0.2, 0) is 9.59 Å². The van der Waals surface area contributed by atoms with Gasteiger partial charge in [0.15, 0.2) is 0 Å². The van der Waals surface area contributed by atoms with Gasteiger partial charge in [-0.1, -0.05) is 32.0 Å². The highest BCUT2D eigenvalue weighted by Gasteiger charge is 2.23. The summed E-state index contributed by atoms with van der Waals surface area (Å²) in [5.74, 6) is -0.991. The minimum Gasteiger partial charge on any atom is -0.326 e. The zero-order chi connectivity index (χ0) is 12.1. The van der Waals surface area contributed by atoms with Crippen molar-refractivity contribution < 1.29 is 9.59 Å². The quantitative estimate of drug-likeness (QED) is 0.609. The van der Waals surface area contributed by atoms with Crippen LogP contribution in [0.25, 0.3) is 0 Å². The highest BCUT2D eigenvalue weighted by atomic mass is 16.2. The first-order valence-electron chi connectivity index (χ1n) is 5.42. The molecule has 0 heterocycles. The van der Waals surface area contributed by atoms with Crippen molar-refractivity contribution in [1.82, 2.24) is 0 Å². The van der Waals surface area contributed by atoms with Gasteiger partial charge in [-0.3, -0.25) is 9.59 Å². The van der Waals surface area contributed by atoms with Crippen molar-refractivity contribution in [1.29, 1.82) is 0 Å². The molecule has 1 unspecified atom stereocenters. The number of amides is 1. The summed E-state index contributed by atoms with van der Waals surface area (Å²) in [5.41, 5.74) is 0.718. The summed E-state index contributed by atoms with van der Waals surface area (Å²) in [6, 6.07) is 9.14. The maximum atomic E-state index is 11.7. The highest BCUT2D eigenvalue weighted by Crippen LogP contribution is 2.13. The van der Waals surface area contributed by atoms with E-state index in [0.717, 1.165) is 5.69 Å². The highest BCUT2D eigenvalue weighted by molar-refractivity contribution is 6.38. The first-order chi connectivity index (χ1) is 7.52. The van der Waals surface area contributed by atoms with E-state index < -0.39 is 5.82 Å². The first-order valence-corrected chi connectivity index (χ1v) is 5.42. The Bertz CT molecular complexity index is 376. The molecule has 1 atom stereocenters. The van der Waals surface area contributed by atoms with E-state index in [9.17, 15) is 9.59 Å². The van der Waals surface area contributed by atoms with Crippen LogP contribution in [0.5, 0.6) is 0 Å². The summed E-state index contributed by atoms with van der Waals surface area (Å²) < 4.78 is 0. The van der Waals surface area contributed by atoms with Gasteiger partial charge in [0.2, 0.25) is 5.91 Å². The maximum Gasteiger partial charge on any atom is 0.226 e. The van der Waals surface area contributed by atoms with Gasteiger partial charge in [-0.25, -0.2) is 0 Å². The predicted octanol–water partition coefficient (Wildman–Crippen LogP) is 1.27. The van der Waals surface area contributed by atoms with Crippen LogP contribution in [0.4, 0.5) is 5.69 Å². The van der Waals surface area contributed by atoms with Crippen LogP contribution in [0.1, 0.15) is 13.8 Å². The van der Waals surface area contributed by atoms with Crippen LogP contribution >= 0.6 is 0 Å². The second kappa shape index (κ2) is 5.49. The number of benzene rings is 1. The lowest BCUT2D eigenvalue weighted by molar-refractivity contribution is -0.127. The second-order valence-corrected chi connectivity index (χ2v) is 4.13. The van der Waals surface area contributed by atoms with Gasteiger partial charge in [-0.05, 0) is 12.1 Å². The monoisotopic (exact) mass is 217 g/mol. The number of carbonyl (C=O) groups excluding carboxylic acids is 2. The topological polar surface area (TPSA) is 46.2 Å². The molecule has 0 saturated carbocycles. The molecule has 0 aromatic heterocycles. The molecule has 3 nitrogen and oxygen atoms in total. The Hall–Kier alpha value is -1.58. The third-order valence-electron chi connectivity index (χ3n) is 2.43. The van der Waals surface area contributed by atoms with Gasteiger partial charge in [0.25, 0.3) is 0 Å². The van der Waals surface area contributed by atoms with Crippen molar-refractivity contribution >= 4 is 25.2 Å². The van der Waals surface area contributed by atoms with Gasteiger partial charge in [0, 0.05) is 11.6 Å². The Kier molecular flexibility index (Phi) is 4.29. The number of hydrogen-bond acceptors (Lipinski definition) is 2. The molecule has 1 amide bonds. The van der Waals surface area contributed by atoms with Crippen LogP contribution in [0.3, 0.4) is 0 Å². The molecule has 0 radical (unpaired) electrons. The fraction of sp³-hybridized carbons (Fsp3) is 0.333. The van der Waals surface area contributed by atoms with E-state index in [1.54, 1.807) is 33.8 Å². The fourth-order valence-electron chi connectivity index (χ4n) is 1.40. The summed E-state index contributed by atoms with van der Waals surface area (Å²) in [6.07, 6.45) is 0. The summed E-state index contributed by atoms with van der Waals surface area (Å²) in [6.45, 7) is 3.60. The number of Topliss-reactive ketones (excluding diaryl/α,β-unsaturated/α-hetero) is 1. The van der Waals surface area contributed by atoms with Crippen LogP contribution < -0.4 is 5.32 Å². The Morgan fingerprint density at radius 2 is 1.75 bits per heavy atom. The maximum absolute atomic E-state index is 11.7. The zero-order valence-electron chi connectivity index (χ0n) is 9.86. The van der Waals surface area contributed by atoms with Gasteiger partial charge >= 0.3 is 0 Å². The number of ketones is 1. The van der Waals surface area contributed by atoms with Crippen molar-refractivity contribution in [2.75, 3.05) is 5.32 Å². The smallest absolute Gasteiger partial charge is 0.226 e. The summed E-state index contributed by atoms with van der Waals surface area (Å²) >= 11 is 0. The molecule has 1 N–H and O–H groups in total. The van der Waals surface area contributed by atoms with Gasteiger partial charge < -0.3 is 5.32 Å². The standard InChI is InChI=1S/C12H16BNO2/c1-8(2)11(15)10(13)12(16)14-9-6-4-3-5-7-9/h3-8,10H,13H2,1-2H3,(H,14,16). The molecule has 16 heavy (non-hydrogen) atoms. The number of rotatable bonds is 4. The second-order valence-electron chi connectivity index (χ2n) is 4.13. The predicted molar refractivity (Wildman–Crippen MR) is 67.2 cm³/mol. The lowest BCUT2D eigenvalue weighted by Gasteiger charge is -2.13. The van der Waals surface area contributed by atoms with Gasteiger partial charge in [-0.15, -0.1) is 0 Å². The lowest BCUT2D eigenvalue weighted by Crippen LogP contribution is -2.27. The Morgan fingerprint density at radius 3 is 2.25 bits per heavy atom. The fourth-order valence-corrected chi connectivity index (χ4v) is 1.40. The minimum absolute atomic E-state index is 0.0339. The molecule has 0 fully saturated rings. The Labute approximate surface area is 96.6 Å². The molecular weight excluding hydrogens is 201 g/mol. The summed E-state index contributed by atoms with van der Waals surface area (Å²) in [4.78, 5) is 23.3. The van der Waals surface area contributed by atoms with E-state index in [2.05, 4.69) is 5.32 Å². The van der Waals surface area contributed by atoms with Crippen molar-refractivity contribution in [3.8, 4) is 0 Å². The molecule has 0 aliphatic rings. The van der Waals surface area contributed by atoms with E-state index in [-0.39, 0.29) is 17.6 Å². The number of carbonyl (C=O) groups is 2. The summed E-state index contributed by atoms with van der Waals surface area (Å²) in [5, 5.41) is 2.72. The SMILES string of the molecule is BC(C(=O)Nc1ccccc1)C(=O)C(C)C. The Morgan fingerprint density at radius 1 is 1.19 bits per heavy atom.